The van der Waals surface area contributed by atoms with E-state index in [-0.39, 0.29) is 12.5 Å². The lowest BCUT2D eigenvalue weighted by Crippen LogP contribution is -2.33. The normalized spacial score (nSPS) is 9.50. The molecule has 5 heteroatoms. The van der Waals surface area contributed by atoms with Crippen LogP contribution in [0, 0.1) is 11.3 Å². The zero-order valence-electron chi connectivity index (χ0n) is 9.16. The Hall–Kier alpha value is -1.93. The third kappa shape index (κ3) is 3.67. The van der Waals surface area contributed by atoms with E-state index in [1.165, 1.54) is 0 Å². The fourth-order valence-corrected chi connectivity index (χ4v) is 1.25. The first kappa shape index (κ1) is 12.1. The number of amides is 1. The second kappa shape index (κ2) is 6.53. The van der Waals surface area contributed by atoms with Crippen LogP contribution in [0.2, 0.25) is 0 Å². The molecule has 0 bridgehead atoms. The number of nitrogens with one attached hydrogen (secondary N) is 2. The largest absolute Gasteiger partial charge is 0.355 e. The summed E-state index contributed by atoms with van der Waals surface area (Å²) in [5.74, 6) is -0.0510. The molecular weight excluding hydrogens is 204 g/mol. The number of carbonyl (C=O) groups is 1. The summed E-state index contributed by atoms with van der Waals surface area (Å²) in [5, 5.41) is 14.4. The lowest BCUT2D eigenvalue weighted by Gasteiger charge is -2.05. The number of carbonyl (C=O) groups excluding carboxylic acids is 1. The number of hydrogen-bond donors (Lipinski definition) is 2. The molecule has 0 aliphatic rings. The summed E-state index contributed by atoms with van der Waals surface area (Å²) < 4.78 is 0. The van der Waals surface area contributed by atoms with E-state index in [1.807, 2.05) is 19.1 Å². The second-order valence-corrected chi connectivity index (χ2v) is 3.18. The number of pyridine rings is 1. The van der Waals surface area contributed by atoms with Gasteiger partial charge in [-0.1, -0.05) is 6.07 Å². The highest BCUT2D eigenvalue weighted by molar-refractivity contribution is 5.77. The van der Waals surface area contributed by atoms with Crippen LogP contribution in [0.5, 0.6) is 0 Å². The van der Waals surface area contributed by atoms with Crippen LogP contribution >= 0.6 is 0 Å². The van der Waals surface area contributed by atoms with Crippen molar-refractivity contribution in [1.82, 2.24) is 15.6 Å². The Morgan fingerprint density at radius 1 is 1.62 bits per heavy atom. The summed E-state index contributed by atoms with van der Waals surface area (Å²) in [6.45, 7) is 3.20. The molecule has 1 heterocycles. The molecular formula is C11H14N4O. The number of nitrogens with zero attached hydrogens (tertiary/aromatic N) is 2. The summed E-state index contributed by atoms with van der Waals surface area (Å²) in [6, 6.07) is 5.59. The van der Waals surface area contributed by atoms with Gasteiger partial charge in [0.1, 0.15) is 11.8 Å². The molecule has 0 aliphatic carbocycles. The quantitative estimate of drug-likeness (QED) is 0.739. The molecule has 0 unspecified atom stereocenters. The van der Waals surface area contributed by atoms with Gasteiger partial charge in [-0.3, -0.25) is 4.79 Å². The van der Waals surface area contributed by atoms with E-state index in [0.717, 1.165) is 5.56 Å². The predicted molar refractivity (Wildman–Crippen MR) is 59.3 cm³/mol. The van der Waals surface area contributed by atoms with Gasteiger partial charge in [0, 0.05) is 24.8 Å². The Balaban J connectivity index is 2.43. The molecule has 84 valence electrons. The second-order valence-electron chi connectivity index (χ2n) is 3.18. The van der Waals surface area contributed by atoms with Gasteiger partial charge >= 0.3 is 0 Å². The zero-order valence-corrected chi connectivity index (χ0v) is 9.16. The van der Waals surface area contributed by atoms with Gasteiger partial charge in [0.15, 0.2) is 0 Å². The van der Waals surface area contributed by atoms with Gasteiger partial charge in [-0.15, -0.1) is 0 Å². The fraction of sp³-hybridized carbons (Fsp3) is 0.364. The molecule has 1 rings (SSSR count). The highest BCUT2D eigenvalue weighted by atomic mass is 16.1. The number of rotatable bonds is 5. The first-order valence-corrected chi connectivity index (χ1v) is 5.09. The summed E-state index contributed by atoms with van der Waals surface area (Å²) >= 11 is 0. The topological polar surface area (TPSA) is 77.8 Å². The molecule has 2 N–H and O–H groups in total. The zero-order chi connectivity index (χ0) is 11.8. The summed E-state index contributed by atoms with van der Waals surface area (Å²) in [7, 11) is 0. The SMILES string of the molecule is CCNC(=O)CNCc1cccnc1C#N. The van der Waals surface area contributed by atoms with Crippen LogP contribution in [0.3, 0.4) is 0 Å². The molecule has 0 radical (unpaired) electrons. The van der Waals surface area contributed by atoms with Crippen LogP contribution in [0.15, 0.2) is 18.3 Å². The number of aromatic nitrogens is 1. The Morgan fingerprint density at radius 2 is 2.44 bits per heavy atom. The van der Waals surface area contributed by atoms with Crippen molar-refractivity contribution in [2.45, 2.75) is 13.5 Å². The fourth-order valence-electron chi connectivity index (χ4n) is 1.25. The summed E-state index contributed by atoms with van der Waals surface area (Å²) in [4.78, 5) is 15.1. The van der Waals surface area contributed by atoms with Crippen molar-refractivity contribution in [2.75, 3.05) is 13.1 Å². The van der Waals surface area contributed by atoms with E-state index in [1.54, 1.807) is 12.3 Å². The molecule has 16 heavy (non-hydrogen) atoms. The standard InChI is InChI=1S/C11H14N4O/c1-2-14-11(16)8-13-7-9-4-3-5-15-10(9)6-12/h3-5,13H,2,7-8H2,1H3,(H,14,16). The minimum absolute atomic E-state index is 0.0510. The van der Waals surface area contributed by atoms with Gasteiger partial charge < -0.3 is 10.6 Å². The molecule has 0 saturated heterocycles. The highest BCUT2D eigenvalue weighted by Gasteiger charge is 2.03. The van der Waals surface area contributed by atoms with Crippen LogP contribution in [-0.4, -0.2) is 24.0 Å². The first-order chi connectivity index (χ1) is 7.77. The third-order valence-electron chi connectivity index (χ3n) is 1.97. The van der Waals surface area contributed by atoms with Gasteiger partial charge in [0.2, 0.25) is 5.91 Å². The van der Waals surface area contributed by atoms with Crippen molar-refractivity contribution in [3.05, 3.63) is 29.6 Å². The van der Waals surface area contributed by atoms with Gasteiger partial charge in [-0.25, -0.2) is 4.98 Å². The highest BCUT2D eigenvalue weighted by Crippen LogP contribution is 2.02. The van der Waals surface area contributed by atoms with E-state index in [2.05, 4.69) is 15.6 Å². The Morgan fingerprint density at radius 3 is 3.12 bits per heavy atom. The van der Waals surface area contributed by atoms with E-state index in [0.29, 0.717) is 18.8 Å². The van der Waals surface area contributed by atoms with Gasteiger partial charge in [-0.05, 0) is 13.0 Å². The molecule has 1 aromatic heterocycles. The molecule has 5 nitrogen and oxygen atoms in total. The van der Waals surface area contributed by atoms with Crippen molar-refractivity contribution in [1.29, 1.82) is 5.26 Å². The average Bonchev–Trinajstić information content (AvgIpc) is 2.30. The van der Waals surface area contributed by atoms with Crippen LogP contribution < -0.4 is 10.6 Å². The number of hydrogen-bond acceptors (Lipinski definition) is 4. The molecule has 0 aliphatic heterocycles. The van der Waals surface area contributed by atoms with Gasteiger partial charge in [0.25, 0.3) is 0 Å². The summed E-state index contributed by atoms with van der Waals surface area (Å²) in [5.41, 5.74) is 1.19. The van der Waals surface area contributed by atoms with Crippen LogP contribution in [0.25, 0.3) is 0 Å². The maximum absolute atomic E-state index is 11.1. The van der Waals surface area contributed by atoms with Crippen LogP contribution in [0.4, 0.5) is 0 Å². The number of nitriles is 1. The minimum atomic E-state index is -0.0510. The molecule has 1 aromatic rings. The van der Waals surface area contributed by atoms with Crippen molar-refractivity contribution in [3.63, 3.8) is 0 Å². The smallest absolute Gasteiger partial charge is 0.233 e. The number of likely N-dealkylation sites (N-methyl/N-ethyl adjacent to an activating group) is 1. The van der Waals surface area contributed by atoms with Crippen molar-refractivity contribution < 1.29 is 4.79 Å². The Bertz CT molecular complexity index is 397. The van der Waals surface area contributed by atoms with Crippen molar-refractivity contribution in [3.8, 4) is 6.07 Å². The predicted octanol–water partition coefficient (Wildman–Crippen LogP) is 0.179. The molecule has 0 atom stereocenters. The lowest BCUT2D eigenvalue weighted by atomic mass is 10.2. The minimum Gasteiger partial charge on any atom is -0.355 e. The molecule has 0 saturated carbocycles. The molecule has 1 amide bonds. The van der Waals surface area contributed by atoms with Gasteiger partial charge in [-0.2, -0.15) is 5.26 Å². The van der Waals surface area contributed by atoms with E-state index < -0.39 is 0 Å². The maximum atomic E-state index is 11.1. The van der Waals surface area contributed by atoms with Crippen molar-refractivity contribution >= 4 is 5.91 Å². The Kier molecular flexibility index (Phi) is 4.96. The van der Waals surface area contributed by atoms with E-state index >= 15 is 0 Å². The molecule has 0 spiro atoms. The third-order valence-corrected chi connectivity index (χ3v) is 1.97. The van der Waals surface area contributed by atoms with Crippen LogP contribution in [-0.2, 0) is 11.3 Å². The van der Waals surface area contributed by atoms with Crippen molar-refractivity contribution in [2.24, 2.45) is 0 Å². The monoisotopic (exact) mass is 218 g/mol. The van der Waals surface area contributed by atoms with Crippen LogP contribution in [0.1, 0.15) is 18.2 Å². The van der Waals surface area contributed by atoms with Gasteiger partial charge in [0.05, 0.1) is 6.54 Å². The first-order valence-electron chi connectivity index (χ1n) is 5.09. The van der Waals surface area contributed by atoms with E-state index in [4.69, 9.17) is 5.26 Å². The Labute approximate surface area is 94.5 Å². The summed E-state index contributed by atoms with van der Waals surface area (Å²) in [6.07, 6.45) is 1.58. The van der Waals surface area contributed by atoms with E-state index in [9.17, 15) is 4.79 Å². The average molecular weight is 218 g/mol. The molecule has 0 fully saturated rings. The lowest BCUT2D eigenvalue weighted by molar-refractivity contribution is -0.120. The molecule has 0 aromatic carbocycles. The maximum Gasteiger partial charge on any atom is 0.233 e.